The second-order valence-electron chi connectivity index (χ2n) is 3.87. The monoisotopic (exact) mass is 246 g/mol. The van der Waals surface area contributed by atoms with Crippen LogP contribution in [0.25, 0.3) is 10.9 Å². The lowest BCUT2D eigenvalue weighted by Gasteiger charge is -2.12. The molecule has 17 heavy (non-hydrogen) atoms. The lowest BCUT2D eigenvalue weighted by molar-refractivity contribution is -0.304. The van der Waals surface area contributed by atoms with Crippen LogP contribution in [-0.2, 0) is 4.79 Å². The number of nitrogens with zero attached hydrogens (tertiary/aromatic N) is 1. The standard InChI is InChI=1S/C13H13NO2S/c1-8-7-12(17-9(2)13(15)16)14-11-6-4-3-5-10(8)11/h3-7,9H,1-2H3,(H,15,16)/p-1/t9-/m0/s1. The second kappa shape index (κ2) is 4.75. The van der Waals surface area contributed by atoms with Crippen molar-refractivity contribution < 1.29 is 9.90 Å². The van der Waals surface area contributed by atoms with Gasteiger partial charge in [-0.15, -0.1) is 0 Å². The maximum Gasteiger partial charge on any atom is 0.0976 e. The molecule has 0 aliphatic carbocycles. The molecular weight excluding hydrogens is 234 g/mol. The van der Waals surface area contributed by atoms with E-state index in [9.17, 15) is 9.90 Å². The van der Waals surface area contributed by atoms with E-state index in [0.717, 1.165) is 21.5 Å². The van der Waals surface area contributed by atoms with E-state index in [1.807, 2.05) is 37.3 Å². The number of carbonyl (C=O) groups excluding carboxylic acids is 1. The lowest BCUT2D eigenvalue weighted by Crippen LogP contribution is -2.31. The van der Waals surface area contributed by atoms with Gasteiger partial charge in [0.2, 0.25) is 0 Å². The number of benzene rings is 1. The third-order valence-electron chi connectivity index (χ3n) is 2.53. The van der Waals surface area contributed by atoms with E-state index < -0.39 is 11.2 Å². The highest BCUT2D eigenvalue weighted by atomic mass is 32.2. The summed E-state index contributed by atoms with van der Waals surface area (Å²) in [7, 11) is 0. The van der Waals surface area contributed by atoms with Gasteiger partial charge >= 0.3 is 0 Å². The number of aliphatic carboxylic acids is 1. The average Bonchev–Trinajstić information content (AvgIpc) is 2.29. The van der Waals surface area contributed by atoms with Crippen LogP contribution in [0.5, 0.6) is 0 Å². The molecule has 3 nitrogen and oxygen atoms in total. The summed E-state index contributed by atoms with van der Waals surface area (Å²) >= 11 is 1.21. The predicted molar refractivity (Wildman–Crippen MR) is 66.8 cm³/mol. The number of thioether (sulfide) groups is 1. The third-order valence-corrected chi connectivity index (χ3v) is 3.53. The zero-order chi connectivity index (χ0) is 12.4. The number of aromatic nitrogens is 1. The number of carbonyl (C=O) groups is 1. The minimum absolute atomic E-state index is 0.594. The number of hydrogen-bond donors (Lipinski definition) is 0. The zero-order valence-corrected chi connectivity index (χ0v) is 10.5. The van der Waals surface area contributed by atoms with Crippen molar-refractivity contribution in [3.8, 4) is 0 Å². The van der Waals surface area contributed by atoms with Gasteiger partial charge in [0.05, 0.1) is 16.5 Å². The van der Waals surface area contributed by atoms with E-state index in [2.05, 4.69) is 4.98 Å². The maximum absolute atomic E-state index is 10.7. The summed E-state index contributed by atoms with van der Waals surface area (Å²) in [6, 6.07) is 9.73. The molecule has 0 N–H and O–H groups in total. The molecule has 1 aromatic carbocycles. The lowest BCUT2D eigenvalue weighted by atomic mass is 10.1. The SMILES string of the molecule is Cc1cc(S[C@@H](C)C(=O)[O-])nc2ccccc12. The number of pyridine rings is 1. The summed E-state index contributed by atoms with van der Waals surface area (Å²) in [5.74, 6) is -1.07. The summed E-state index contributed by atoms with van der Waals surface area (Å²) in [5, 5.41) is 11.9. The number of carboxylic acids is 1. The first-order chi connectivity index (χ1) is 8.08. The molecule has 2 aromatic rings. The molecule has 1 atom stereocenters. The normalized spacial score (nSPS) is 12.6. The summed E-state index contributed by atoms with van der Waals surface area (Å²) in [4.78, 5) is 15.1. The number of hydrogen-bond acceptors (Lipinski definition) is 4. The van der Waals surface area contributed by atoms with Crippen LogP contribution in [0.1, 0.15) is 12.5 Å². The first-order valence-corrected chi connectivity index (χ1v) is 6.20. The van der Waals surface area contributed by atoms with Crippen LogP contribution in [0.2, 0.25) is 0 Å². The Hall–Kier alpha value is -1.55. The molecule has 0 saturated heterocycles. The van der Waals surface area contributed by atoms with Crippen molar-refractivity contribution in [2.75, 3.05) is 0 Å². The Labute approximate surface area is 104 Å². The van der Waals surface area contributed by atoms with E-state index in [4.69, 9.17) is 0 Å². The van der Waals surface area contributed by atoms with Crippen LogP contribution < -0.4 is 5.11 Å². The number of carboxylic acid groups (broad SMARTS) is 1. The van der Waals surface area contributed by atoms with Crippen molar-refractivity contribution in [2.45, 2.75) is 24.1 Å². The molecule has 1 aromatic heterocycles. The Morgan fingerprint density at radius 2 is 2.12 bits per heavy atom. The minimum Gasteiger partial charge on any atom is -0.549 e. The molecule has 88 valence electrons. The van der Waals surface area contributed by atoms with Crippen LogP contribution in [0.4, 0.5) is 0 Å². The van der Waals surface area contributed by atoms with Crippen molar-refractivity contribution in [3.63, 3.8) is 0 Å². The third kappa shape index (κ3) is 2.58. The van der Waals surface area contributed by atoms with Gasteiger partial charge in [-0.1, -0.05) is 30.0 Å². The van der Waals surface area contributed by atoms with Gasteiger partial charge < -0.3 is 9.90 Å². The van der Waals surface area contributed by atoms with Gasteiger partial charge in [0.25, 0.3) is 0 Å². The molecule has 4 heteroatoms. The molecule has 0 amide bonds. The van der Waals surface area contributed by atoms with Gasteiger partial charge in [0.1, 0.15) is 0 Å². The molecule has 0 bridgehead atoms. The van der Waals surface area contributed by atoms with E-state index >= 15 is 0 Å². The highest BCUT2D eigenvalue weighted by molar-refractivity contribution is 8.00. The van der Waals surface area contributed by atoms with E-state index in [1.165, 1.54) is 11.8 Å². The Kier molecular flexibility index (Phi) is 3.33. The van der Waals surface area contributed by atoms with E-state index in [1.54, 1.807) is 6.92 Å². The average molecular weight is 246 g/mol. The Bertz CT molecular complexity index is 568. The number of para-hydroxylation sites is 1. The van der Waals surface area contributed by atoms with Crippen molar-refractivity contribution in [2.24, 2.45) is 0 Å². The van der Waals surface area contributed by atoms with Gasteiger partial charge in [-0.05, 0) is 31.5 Å². The quantitative estimate of drug-likeness (QED) is 0.775. The topological polar surface area (TPSA) is 53.0 Å². The minimum atomic E-state index is -1.07. The number of fused-ring (bicyclic) bond motifs is 1. The van der Waals surface area contributed by atoms with Crippen LogP contribution in [-0.4, -0.2) is 16.2 Å². The van der Waals surface area contributed by atoms with Gasteiger partial charge in [-0.3, -0.25) is 0 Å². The molecule has 1 heterocycles. The van der Waals surface area contributed by atoms with Crippen LogP contribution in [0.3, 0.4) is 0 Å². The van der Waals surface area contributed by atoms with Crippen molar-refractivity contribution in [1.29, 1.82) is 0 Å². The van der Waals surface area contributed by atoms with Crippen LogP contribution in [0.15, 0.2) is 35.4 Å². The summed E-state index contributed by atoms with van der Waals surface area (Å²) in [5.41, 5.74) is 1.99. The van der Waals surface area contributed by atoms with Crippen molar-refractivity contribution in [1.82, 2.24) is 4.98 Å². The van der Waals surface area contributed by atoms with Crippen molar-refractivity contribution >= 4 is 28.6 Å². The molecule has 0 unspecified atom stereocenters. The molecule has 0 saturated carbocycles. The first kappa shape index (κ1) is 11.9. The molecule has 0 aliphatic heterocycles. The molecule has 0 fully saturated rings. The van der Waals surface area contributed by atoms with Crippen molar-refractivity contribution in [3.05, 3.63) is 35.9 Å². The molecule has 0 spiro atoms. The smallest absolute Gasteiger partial charge is 0.0976 e. The fourth-order valence-corrected chi connectivity index (χ4v) is 2.46. The highest BCUT2D eigenvalue weighted by Crippen LogP contribution is 2.26. The number of aryl methyl sites for hydroxylation is 1. The van der Waals surface area contributed by atoms with Gasteiger partial charge in [0.15, 0.2) is 0 Å². The Morgan fingerprint density at radius 3 is 2.82 bits per heavy atom. The largest absolute Gasteiger partial charge is 0.549 e. The Morgan fingerprint density at radius 1 is 1.41 bits per heavy atom. The molecular formula is C13H12NO2S-. The fourth-order valence-electron chi connectivity index (χ4n) is 1.61. The van der Waals surface area contributed by atoms with E-state index in [0.29, 0.717) is 0 Å². The van der Waals surface area contributed by atoms with Crippen LogP contribution in [0, 0.1) is 6.92 Å². The maximum atomic E-state index is 10.7. The number of rotatable bonds is 3. The fraction of sp³-hybridized carbons (Fsp3) is 0.231. The second-order valence-corrected chi connectivity index (χ2v) is 5.23. The Balaban J connectivity index is 2.40. The summed E-state index contributed by atoms with van der Waals surface area (Å²) in [6.07, 6.45) is 0. The van der Waals surface area contributed by atoms with Gasteiger partial charge in [-0.25, -0.2) is 4.98 Å². The van der Waals surface area contributed by atoms with Gasteiger partial charge in [-0.2, -0.15) is 0 Å². The van der Waals surface area contributed by atoms with Crippen LogP contribution >= 0.6 is 11.8 Å². The summed E-state index contributed by atoms with van der Waals surface area (Å²) < 4.78 is 0. The molecule has 0 aliphatic rings. The zero-order valence-electron chi connectivity index (χ0n) is 9.64. The van der Waals surface area contributed by atoms with E-state index in [-0.39, 0.29) is 0 Å². The highest BCUT2D eigenvalue weighted by Gasteiger charge is 2.08. The first-order valence-electron chi connectivity index (χ1n) is 5.32. The van der Waals surface area contributed by atoms with Gasteiger partial charge in [0, 0.05) is 10.6 Å². The summed E-state index contributed by atoms with van der Waals surface area (Å²) in [6.45, 7) is 3.60. The predicted octanol–water partition coefficient (Wildman–Crippen LogP) is 1.77. The molecule has 0 radical (unpaired) electrons. The molecule has 2 rings (SSSR count).